The van der Waals surface area contributed by atoms with Gasteiger partial charge < -0.3 is 11.1 Å². The monoisotopic (exact) mass is 219 g/mol. The highest BCUT2D eigenvalue weighted by Gasteiger charge is 2.43. The van der Waals surface area contributed by atoms with Gasteiger partial charge in [0.2, 0.25) is 0 Å². The van der Waals surface area contributed by atoms with Gasteiger partial charge in [-0.3, -0.25) is 10.1 Å². The highest BCUT2D eigenvalue weighted by Crippen LogP contribution is 2.24. The van der Waals surface area contributed by atoms with Gasteiger partial charge in [-0.05, 0) is 18.1 Å². The smallest absolute Gasteiger partial charge is 0.322 e. The number of benzene rings is 1. The summed E-state index contributed by atoms with van der Waals surface area (Å²) in [5.74, 6) is -0.335. The first-order valence-corrected chi connectivity index (χ1v) is 4.99. The number of carbonyl (C=O) groups excluding carboxylic acids is 2. The normalized spacial score (nSPS) is 24.1. The standard InChI is InChI=1S/C11H13N3O2/c1-11(9(15)13-10(16)14-11)8-4-2-7(6-12)3-5-8/h2-5H,6,12H2,1H3,(H2,13,14,15,16)/t11-/m0/s1. The Morgan fingerprint density at radius 2 is 1.88 bits per heavy atom. The summed E-state index contributed by atoms with van der Waals surface area (Å²) in [6, 6.07) is 6.83. The first-order chi connectivity index (χ1) is 7.56. The maximum Gasteiger partial charge on any atom is 0.322 e. The van der Waals surface area contributed by atoms with Gasteiger partial charge in [0.05, 0.1) is 0 Å². The summed E-state index contributed by atoms with van der Waals surface area (Å²) in [5.41, 5.74) is 6.23. The van der Waals surface area contributed by atoms with Crippen molar-refractivity contribution in [2.45, 2.75) is 19.0 Å². The van der Waals surface area contributed by atoms with Gasteiger partial charge in [0.15, 0.2) is 0 Å². The van der Waals surface area contributed by atoms with Crippen LogP contribution in [0, 0.1) is 0 Å². The van der Waals surface area contributed by atoms with Crippen LogP contribution < -0.4 is 16.4 Å². The fraction of sp³-hybridized carbons (Fsp3) is 0.273. The zero-order valence-corrected chi connectivity index (χ0v) is 8.91. The van der Waals surface area contributed by atoms with Gasteiger partial charge >= 0.3 is 6.03 Å². The number of nitrogens with two attached hydrogens (primary N) is 1. The zero-order chi connectivity index (χ0) is 11.8. The molecule has 1 aliphatic heterocycles. The Bertz CT molecular complexity index is 441. The highest BCUT2D eigenvalue weighted by atomic mass is 16.2. The summed E-state index contributed by atoms with van der Waals surface area (Å²) in [6.45, 7) is 2.13. The molecular weight excluding hydrogens is 206 g/mol. The predicted octanol–water partition coefficient (Wildman–Crippen LogP) is 0.200. The van der Waals surface area contributed by atoms with E-state index < -0.39 is 11.6 Å². The summed E-state index contributed by atoms with van der Waals surface area (Å²) in [5, 5.41) is 4.82. The first kappa shape index (κ1) is 10.6. The van der Waals surface area contributed by atoms with Gasteiger partial charge in [-0.15, -0.1) is 0 Å². The Balaban J connectivity index is 2.36. The molecule has 1 aromatic rings. The minimum atomic E-state index is -0.982. The molecule has 0 spiro atoms. The van der Waals surface area contributed by atoms with Crippen LogP contribution in [0.5, 0.6) is 0 Å². The van der Waals surface area contributed by atoms with Crippen LogP contribution in [0.1, 0.15) is 18.1 Å². The first-order valence-electron chi connectivity index (χ1n) is 4.99. The van der Waals surface area contributed by atoms with Crippen molar-refractivity contribution in [1.29, 1.82) is 0 Å². The van der Waals surface area contributed by atoms with Gasteiger partial charge in [0, 0.05) is 6.54 Å². The summed E-state index contributed by atoms with van der Waals surface area (Å²) in [4.78, 5) is 22.7. The van der Waals surface area contributed by atoms with Gasteiger partial charge in [0.25, 0.3) is 5.91 Å². The number of urea groups is 1. The molecule has 0 unspecified atom stereocenters. The van der Waals surface area contributed by atoms with Crippen LogP contribution >= 0.6 is 0 Å². The largest absolute Gasteiger partial charge is 0.326 e. The topological polar surface area (TPSA) is 84.2 Å². The Hall–Kier alpha value is -1.88. The molecule has 1 atom stereocenters. The second kappa shape index (κ2) is 3.61. The van der Waals surface area contributed by atoms with Crippen molar-refractivity contribution in [3.8, 4) is 0 Å². The van der Waals surface area contributed by atoms with Crippen LogP contribution in [0.15, 0.2) is 24.3 Å². The van der Waals surface area contributed by atoms with Crippen molar-refractivity contribution < 1.29 is 9.59 Å². The molecule has 1 fully saturated rings. The van der Waals surface area contributed by atoms with Gasteiger partial charge in [-0.25, -0.2) is 4.79 Å². The molecule has 5 heteroatoms. The van der Waals surface area contributed by atoms with E-state index in [1.165, 1.54) is 0 Å². The van der Waals surface area contributed by atoms with Crippen LogP contribution in [0.4, 0.5) is 4.79 Å². The van der Waals surface area contributed by atoms with E-state index >= 15 is 0 Å². The number of hydrogen-bond acceptors (Lipinski definition) is 3. The molecule has 0 aliphatic carbocycles. The van der Waals surface area contributed by atoms with E-state index in [9.17, 15) is 9.59 Å². The average molecular weight is 219 g/mol. The molecule has 3 amide bonds. The molecule has 2 rings (SSSR count). The van der Waals surface area contributed by atoms with Crippen LogP contribution in [-0.4, -0.2) is 11.9 Å². The molecule has 1 saturated heterocycles. The fourth-order valence-corrected chi connectivity index (χ4v) is 1.72. The van der Waals surface area contributed by atoms with E-state index in [4.69, 9.17) is 5.73 Å². The van der Waals surface area contributed by atoms with Crippen LogP contribution in [0.2, 0.25) is 0 Å². The van der Waals surface area contributed by atoms with Crippen LogP contribution in [0.25, 0.3) is 0 Å². The third-order valence-corrected chi connectivity index (χ3v) is 2.81. The van der Waals surface area contributed by atoms with Crippen molar-refractivity contribution in [3.05, 3.63) is 35.4 Å². The molecule has 5 nitrogen and oxygen atoms in total. The maximum absolute atomic E-state index is 11.6. The van der Waals surface area contributed by atoms with Crippen molar-refractivity contribution in [3.63, 3.8) is 0 Å². The Morgan fingerprint density at radius 1 is 1.25 bits per heavy atom. The Morgan fingerprint density at radius 3 is 2.31 bits per heavy atom. The summed E-state index contributed by atoms with van der Waals surface area (Å²) >= 11 is 0. The molecule has 0 bridgehead atoms. The third kappa shape index (κ3) is 1.55. The maximum atomic E-state index is 11.6. The molecule has 16 heavy (non-hydrogen) atoms. The van der Waals surface area contributed by atoms with E-state index in [2.05, 4.69) is 10.6 Å². The molecule has 0 radical (unpaired) electrons. The molecule has 0 aromatic heterocycles. The lowest BCUT2D eigenvalue weighted by molar-refractivity contribution is -0.123. The molecule has 1 heterocycles. The molecule has 4 N–H and O–H groups in total. The lowest BCUT2D eigenvalue weighted by Crippen LogP contribution is -2.40. The van der Waals surface area contributed by atoms with Gasteiger partial charge in [0.1, 0.15) is 5.54 Å². The average Bonchev–Trinajstić information content (AvgIpc) is 2.54. The van der Waals surface area contributed by atoms with Crippen molar-refractivity contribution >= 4 is 11.9 Å². The van der Waals surface area contributed by atoms with E-state index in [1.54, 1.807) is 19.1 Å². The SMILES string of the molecule is C[C@@]1(c2ccc(CN)cc2)NC(=O)NC1=O. The molecule has 1 aromatic carbocycles. The molecular formula is C11H13N3O2. The highest BCUT2D eigenvalue weighted by molar-refractivity contribution is 6.07. The number of rotatable bonds is 2. The quantitative estimate of drug-likeness (QED) is 0.621. The number of imide groups is 1. The zero-order valence-electron chi connectivity index (χ0n) is 8.91. The third-order valence-electron chi connectivity index (χ3n) is 2.81. The second-order valence-electron chi connectivity index (χ2n) is 3.93. The fourth-order valence-electron chi connectivity index (χ4n) is 1.72. The number of carbonyl (C=O) groups is 2. The van der Waals surface area contributed by atoms with E-state index in [0.29, 0.717) is 6.54 Å². The van der Waals surface area contributed by atoms with Crippen molar-refractivity contribution in [1.82, 2.24) is 10.6 Å². The number of amides is 3. The van der Waals surface area contributed by atoms with Crippen LogP contribution in [-0.2, 0) is 16.9 Å². The van der Waals surface area contributed by atoms with Gasteiger partial charge in [-0.1, -0.05) is 24.3 Å². The van der Waals surface area contributed by atoms with E-state index in [-0.39, 0.29) is 5.91 Å². The Labute approximate surface area is 93.0 Å². The Kier molecular flexibility index (Phi) is 2.40. The van der Waals surface area contributed by atoms with Gasteiger partial charge in [-0.2, -0.15) is 0 Å². The minimum Gasteiger partial charge on any atom is -0.326 e. The minimum absolute atomic E-state index is 0.335. The summed E-state index contributed by atoms with van der Waals surface area (Å²) in [7, 11) is 0. The molecule has 1 aliphatic rings. The van der Waals surface area contributed by atoms with E-state index in [1.807, 2.05) is 12.1 Å². The summed E-state index contributed by atoms with van der Waals surface area (Å²) in [6.07, 6.45) is 0. The molecule has 84 valence electrons. The predicted molar refractivity (Wildman–Crippen MR) is 58.4 cm³/mol. The van der Waals surface area contributed by atoms with Crippen molar-refractivity contribution in [2.24, 2.45) is 5.73 Å². The summed E-state index contributed by atoms with van der Waals surface area (Å²) < 4.78 is 0. The number of nitrogens with one attached hydrogen (secondary N) is 2. The number of hydrogen-bond donors (Lipinski definition) is 3. The second-order valence-corrected chi connectivity index (χ2v) is 3.93. The van der Waals surface area contributed by atoms with E-state index in [0.717, 1.165) is 11.1 Å². The van der Waals surface area contributed by atoms with Crippen molar-refractivity contribution in [2.75, 3.05) is 0 Å². The lowest BCUT2D eigenvalue weighted by atomic mass is 9.91. The van der Waals surface area contributed by atoms with Crippen LogP contribution in [0.3, 0.4) is 0 Å². The molecule has 0 saturated carbocycles. The lowest BCUT2D eigenvalue weighted by Gasteiger charge is -2.21.